The first-order chi connectivity index (χ1) is 7.59. The molecule has 0 spiro atoms. The maximum atomic E-state index is 12.1. The van der Waals surface area contributed by atoms with Gasteiger partial charge < -0.3 is 0 Å². The zero-order valence-electron chi connectivity index (χ0n) is 8.70. The SMILES string of the molecule is CC1=NCCN1C(=O)c1cc(Cl)ccc1Cl. The minimum Gasteiger partial charge on any atom is -0.295 e. The second-order valence-corrected chi connectivity index (χ2v) is 4.35. The van der Waals surface area contributed by atoms with Crippen LogP contribution in [0.15, 0.2) is 23.2 Å². The third-order valence-corrected chi connectivity index (χ3v) is 3.02. The summed E-state index contributed by atoms with van der Waals surface area (Å²) in [5.74, 6) is 0.576. The highest BCUT2D eigenvalue weighted by Crippen LogP contribution is 2.22. The number of rotatable bonds is 1. The highest BCUT2D eigenvalue weighted by atomic mass is 35.5. The van der Waals surface area contributed by atoms with Crippen molar-refractivity contribution in [3.8, 4) is 0 Å². The Morgan fingerprint density at radius 3 is 2.81 bits per heavy atom. The van der Waals surface area contributed by atoms with E-state index in [1.807, 2.05) is 6.92 Å². The lowest BCUT2D eigenvalue weighted by Gasteiger charge is -2.16. The summed E-state index contributed by atoms with van der Waals surface area (Å²) in [5, 5.41) is 0.913. The van der Waals surface area contributed by atoms with E-state index in [9.17, 15) is 4.79 Å². The lowest BCUT2D eigenvalue weighted by molar-refractivity contribution is 0.0857. The molecule has 1 aliphatic rings. The molecule has 0 saturated heterocycles. The first kappa shape index (κ1) is 11.4. The van der Waals surface area contributed by atoms with Gasteiger partial charge in [0.05, 0.1) is 17.1 Å². The van der Waals surface area contributed by atoms with E-state index < -0.39 is 0 Å². The molecule has 0 unspecified atom stereocenters. The third kappa shape index (κ3) is 2.06. The molecule has 0 aromatic heterocycles. The van der Waals surface area contributed by atoms with Crippen molar-refractivity contribution in [2.75, 3.05) is 13.1 Å². The van der Waals surface area contributed by atoms with Gasteiger partial charge in [-0.05, 0) is 25.1 Å². The maximum Gasteiger partial charge on any atom is 0.260 e. The Balaban J connectivity index is 2.34. The number of carbonyl (C=O) groups excluding carboxylic acids is 1. The molecule has 2 rings (SSSR count). The fraction of sp³-hybridized carbons (Fsp3) is 0.273. The molecule has 0 radical (unpaired) electrons. The maximum absolute atomic E-state index is 12.1. The van der Waals surface area contributed by atoms with Crippen LogP contribution in [0, 0.1) is 0 Å². The molecule has 0 fully saturated rings. The van der Waals surface area contributed by atoms with Crippen molar-refractivity contribution in [2.24, 2.45) is 4.99 Å². The third-order valence-electron chi connectivity index (χ3n) is 2.46. The molecule has 5 heteroatoms. The van der Waals surface area contributed by atoms with Crippen LogP contribution in [0.4, 0.5) is 0 Å². The van der Waals surface area contributed by atoms with Gasteiger partial charge in [0.15, 0.2) is 0 Å². The van der Waals surface area contributed by atoms with Crippen LogP contribution in [-0.4, -0.2) is 29.7 Å². The molecular weight excluding hydrogens is 247 g/mol. The summed E-state index contributed by atoms with van der Waals surface area (Å²) in [6.45, 7) is 3.06. The second-order valence-electron chi connectivity index (χ2n) is 3.51. The Hall–Kier alpha value is -1.06. The van der Waals surface area contributed by atoms with E-state index in [0.717, 1.165) is 5.84 Å². The topological polar surface area (TPSA) is 32.7 Å². The van der Waals surface area contributed by atoms with Crippen molar-refractivity contribution in [3.63, 3.8) is 0 Å². The van der Waals surface area contributed by atoms with E-state index >= 15 is 0 Å². The van der Waals surface area contributed by atoms with Crippen molar-refractivity contribution in [1.82, 2.24) is 4.90 Å². The fourth-order valence-corrected chi connectivity index (χ4v) is 1.98. The smallest absolute Gasteiger partial charge is 0.260 e. The molecular formula is C11H10Cl2N2O. The number of hydrogen-bond acceptors (Lipinski definition) is 2. The van der Waals surface area contributed by atoms with E-state index in [1.54, 1.807) is 23.1 Å². The van der Waals surface area contributed by atoms with Gasteiger partial charge >= 0.3 is 0 Å². The number of carbonyl (C=O) groups is 1. The number of halogens is 2. The number of benzene rings is 1. The summed E-state index contributed by atoms with van der Waals surface area (Å²) >= 11 is 11.8. The van der Waals surface area contributed by atoms with Crippen LogP contribution in [0.3, 0.4) is 0 Å². The molecule has 1 aromatic rings. The summed E-state index contributed by atoms with van der Waals surface area (Å²) in [4.78, 5) is 17.9. The number of hydrogen-bond donors (Lipinski definition) is 0. The molecule has 1 aliphatic heterocycles. The average molecular weight is 257 g/mol. The van der Waals surface area contributed by atoms with E-state index in [-0.39, 0.29) is 5.91 Å². The largest absolute Gasteiger partial charge is 0.295 e. The van der Waals surface area contributed by atoms with Crippen molar-refractivity contribution >= 4 is 34.9 Å². The van der Waals surface area contributed by atoms with Crippen LogP contribution in [0.5, 0.6) is 0 Å². The molecule has 0 atom stereocenters. The van der Waals surface area contributed by atoms with Crippen molar-refractivity contribution < 1.29 is 4.79 Å². The normalized spacial score (nSPS) is 15.2. The van der Waals surface area contributed by atoms with E-state index in [0.29, 0.717) is 28.7 Å². The van der Waals surface area contributed by atoms with Crippen LogP contribution in [0.2, 0.25) is 10.0 Å². The molecule has 0 saturated carbocycles. The molecule has 84 valence electrons. The van der Waals surface area contributed by atoms with Crippen LogP contribution >= 0.6 is 23.2 Å². The molecule has 1 amide bonds. The van der Waals surface area contributed by atoms with Crippen molar-refractivity contribution in [1.29, 1.82) is 0 Å². The van der Waals surface area contributed by atoms with Crippen LogP contribution in [0.25, 0.3) is 0 Å². The Morgan fingerprint density at radius 2 is 2.19 bits per heavy atom. The quantitative estimate of drug-likeness (QED) is 0.761. The van der Waals surface area contributed by atoms with Crippen LogP contribution in [-0.2, 0) is 0 Å². The zero-order chi connectivity index (χ0) is 11.7. The fourth-order valence-electron chi connectivity index (χ4n) is 1.61. The van der Waals surface area contributed by atoms with Crippen LogP contribution in [0.1, 0.15) is 17.3 Å². The van der Waals surface area contributed by atoms with E-state index in [4.69, 9.17) is 23.2 Å². The van der Waals surface area contributed by atoms with E-state index in [1.165, 1.54) is 0 Å². The Kier molecular flexibility index (Phi) is 3.17. The van der Waals surface area contributed by atoms with Gasteiger partial charge in [0.25, 0.3) is 5.91 Å². The lowest BCUT2D eigenvalue weighted by atomic mass is 10.2. The van der Waals surface area contributed by atoms with Gasteiger partial charge in [0.2, 0.25) is 0 Å². The average Bonchev–Trinajstić information content (AvgIpc) is 2.67. The summed E-state index contributed by atoms with van der Waals surface area (Å²) in [7, 11) is 0. The molecule has 1 aromatic carbocycles. The van der Waals surface area contributed by atoms with Crippen molar-refractivity contribution in [3.05, 3.63) is 33.8 Å². The van der Waals surface area contributed by atoms with Gasteiger partial charge in [-0.15, -0.1) is 0 Å². The minimum atomic E-state index is -0.147. The summed E-state index contributed by atoms with van der Waals surface area (Å²) in [5.41, 5.74) is 0.422. The summed E-state index contributed by atoms with van der Waals surface area (Å²) in [6, 6.07) is 4.86. The first-order valence-electron chi connectivity index (χ1n) is 4.87. The van der Waals surface area contributed by atoms with Gasteiger partial charge in [-0.1, -0.05) is 23.2 Å². The second kappa shape index (κ2) is 4.44. The van der Waals surface area contributed by atoms with E-state index in [2.05, 4.69) is 4.99 Å². The monoisotopic (exact) mass is 256 g/mol. The number of amides is 1. The lowest BCUT2D eigenvalue weighted by Crippen LogP contribution is -2.32. The summed E-state index contributed by atoms with van der Waals surface area (Å²) < 4.78 is 0. The van der Waals surface area contributed by atoms with Gasteiger partial charge in [-0.25, -0.2) is 0 Å². The molecule has 0 N–H and O–H groups in total. The van der Waals surface area contributed by atoms with Gasteiger partial charge in [-0.3, -0.25) is 14.7 Å². The number of aliphatic imine (C=N–C) groups is 1. The first-order valence-corrected chi connectivity index (χ1v) is 5.63. The number of amidine groups is 1. The Bertz CT molecular complexity index is 471. The molecule has 16 heavy (non-hydrogen) atoms. The summed E-state index contributed by atoms with van der Waals surface area (Å²) in [6.07, 6.45) is 0. The minimum absolute atomic E-state index is 0.147. The Morgan fingerprint density at radius 1 is 1.44 bits per heavy atom. The predicted molar refractivity (Wildman–Crippen MR) is 65.5 cm³/mol. The standard InChI is InChI=1S/C11H10Cl2N2O/c1-7-14-4-5-15(7)11(16)9-6-8(12)2-3-10(9)13/h2-3,6H,4-5H2,1H3. The zero-order valence-corrected chi connectivity index (χ0v) is 10.2. The number of nitrogens with zero attached hydrogens (tertiary/aromatic N) is 2. The molecule has 1 heterocycles. The highest BCUT2D eigenvalue weighted by molar-refractivity contribution is 6.36. The van der Waals surface area contributed by atoms with Crippen LogP contribution < -0.4 is 0 Å². The van der Waals surface area contributed by atoms with Gasteiger partial charge in [0.1, 0.15) is 5.84 Å². The molecule has 0 aliphatic carbocycles. The molecule has 0 bridgehead atoms. The predicted octanol–water partition coefficient (Wildman–Crippen LogP) is 2.87. The van der Waals surface area contributed by atoms with Gasteiger partial charge in [-0.2, -0.15) is 0 Å². The van der Waals surface area contributed by atoms with Crippen molar-refractivity contribution in [2.45, 2.75) is 6.92 Å². The van der Waals surface area contributed by atoms with Gasteiger partial charge in [0, 0.05) is 11.6 Å². The molecule has 3 nitrogen and oxygen atoms in total. The Labute approximate surface area is 104 Å². The highest BCUT2D eigenvalue weighted by Gasteiger charge is 2.23.